The molecule has 25 heavy (non-hydrogen) atoms. The second-order valence-electron chi connectivity index (χ2n) is 5.30. The van der Waals surface area contributed by atoms with Crippen molar-refractivity contribution in [1.29, 1.82) is 0 Å². The van der Waals surface area contributed by atoms with Gasteiger partial charge >= 0.3 is 18.2 Å². The molecule has 0 fully saturated rings. The zero-order chi connectivity index (χ0) is 18.6. The van der Waals surface area contributed by atoms with E-state index in [0.717, 1.165) is 28.9 Å². The summed E-state index contributed by atoms with van der Waals surface area (Å²) in [5, 5.41) is 3.85. The molecule has 0 unspecified atom stereocenters. The van der Waals surface area contributed by atoms with Gasteiger partial charge in [0.15, 0.2) is 0 Å². The third kappa shape index (κ3) is 3.15. The molecule has 0 N–H and O–H groups in total. The number of hydrogen-bond acceptors (Lipinski definition) is 1. The van der Waals surface area contributed by atoms with Crippen LogP contribution in [-0.2, 0) is 19.4 Å². The van der Waals surface area contributed by atoms with Gasteiger partial charge in [-0.3, -0.25) is 0 Å². The van der Waals surface area contributed by atoms with E-state index in [-0.39, 0.29) is 16.5 Å². The number of pyridine rings is 1. The number of fused-ring (bicyclic) bond motifs is 1. The van der Waals surface area contributed by atoms with Gasteiger partial charge in [-0.05, 0) is 30.3 Å². The van der Waals surface area contributed by atoms with Crippen molar-refractivity contribution in [3.05, 3.63) is 52.7 Å². The highest BCUT2D eigenvalue weighted by Crippen LogP contribution is 2.33. The molecule has 0 spiro atoms. The van der Waals surface area contributed by atoms with Crippen LogP contribution in [0.15, 0.2) is 36.5 Å². The van der Waals surface area contributed by atoms with Crippen molar-refractivity contribution in [3.8, 4) is 11.4 Å². The Kier molecular flexibility index (Phi) is 3.94. The van der Waals surface area contributed by atoms with Gasteiger partial charge in [-0.1, -0.05) is 16.1 Å². The number of benzene rings is 1. The van der Waals surface area contributed by atoms with Gasteiger partial charge in [0.25, 0.3) is 5.65 Å². The first-order valence-electron chi connectivity index (χ1n) is 6.81. The number of rotatable bonds is 1. The van der Waals surface area contributed by atoms with Gasteiger partial charge in [0.1, 0.15) is 11.2 Å². The average Bonchev–Trinajstić information content (AvgIpc) is 2.83. The van der Waals surface area contributed by atoms with E-state index >= 15 is 0 Å². The molecule has 3 nitrogen and oxygen atoms in total. The Morgan fingerprint density at radius 1 is 0.960 bits per heavy atom. The zero-order valence-electron chi connectivity index (χ0n) is 12.5. The molecule has 0 bridgehead atoms. The van der Waals surface area contributed by atoms with E-state index in [4.69, 9.17) is 11.6 Å². The van der Waals surface area contributed by atoms with Crippen LogP contribution in [0, 0.1) is 0 Å². The van der Waals surface area contributed by atoms with Crippen LogP contribution in [0.25, 0.3) is 17.0 Å². The Labute approximate surface area is 142 Å². The summed E-state index contributed by atoms with van der Waals surface area (Å²) in [6, 6.07) is 4.92. The Morgan fingerprint density at radius 2 is 1.52 bits per heavy atom. The van der Waals surface area contributed by atoms with Gasteiger partial charge in [-0.25, -0.2) is 4.57 Å². The molecule has 3 rings (SSSR count). The minimum absolute atomic E-state index is 0.176. The fourth-order valence-corrected chi connectivity index (χ4v) is 2.75. The maximum atomic E-state index is 12.9. The summed E-state index contributed by atoms with van der Waals surface area (Å²) in [5.41, 5.74) is -1.32. The Hall–Kier alpha value is -2.29. The summed E-state index contributed by atoms with van der Waals surface area (Å²) in [7, 11) is 1.51. The second-order valence-corrected chi connectivity index (χ2v) is 5.71. The molecule has 2 heterocycles. The highest BCUT2D eigenvalue weighted by molar-refractivity contribution is 6.33. The number of nitrogens with zero attached hydrogens (tertiary/aromatic N) is 3. The van der Waals surface area contributed by atoms with Crippen LogP contribution >= 0.6 is 11.6 Å². The smallest absolute Gasteiger partial charge is 0.225 e. The van der Waals surface area contributed by atoms with E-state index in [1.165, 1.54) is 23.7 Å². The molecule has 0 aliphatic heterocycles. The molecule has 0 saturated carbocycles. The van der Waals surface area contributed by atoms with E-state index in [1.54, 1.807) is 0 Å². The molecule has 10 heteroatoms. The van der Waals surface area contributed by atoms with Gasteiger partial charge in [0.2, 0.25) is 0 Å². The molecule has 0 atom stereocenters. The number of alkyl halides is 6. The van der Waals surface area contributed by atoms with Gasteiger partial charge in [0.05, 0.1) is 28.8 Å². The van der Waals surface area contributed by atoms with Gasteiger partial charge in [0, 0.05) is 0 Å². The molecule has 0 aliphatic rings. The number of aromatic nitrogens is 3. The largest absolute Gasteiger partial charge is 0.419 e. The Balaban J connectivity index is 2.15. The second kappa shape index (κ2) is 5.62. The minimum Gasteiger partial charge on any atom is -0.225 e. The monoisotopic (exact) mass is 380 g/mol. The maximum Gasteiger partial charge on any atom is 0.419 e. The van der Waals surface area contributed by atoms with Gasteiger partial charge in [-0.15, -0.1) is 0 Å². The van der Waals surface area contributed by atoms with Crippen LogP contribution in [0.5, 0.6) is 0 Å². The lowest BCUT2D eigenvalue weighted by Gasteiger charge is -2.06. The van der Waals surface area contributed by atoms with Crippen LogP contribution in [0.2, 0.25) is 5.02 Å². The van der Waals surface area contributed by atoms with Crippen LogP contribution in [0.1, 0.15) is 11.1 Å². The van der Waals surface area contributed by atoms with E-state index in [1.807, 2.05) is 0 Å². The summed E-state index contributed by atoms with van der Waals surface area (Å²) in [6.45, 7) is 0. The van der Waals surface area contributed by atoms with Gasteiger partial charge in [-0.2, -0.15) is 26.3 Å². The topological polar surface area (TPSA) is 21.2 Å². The standard InChI is InChI=1S/C15H9ClF6N3/c1-24-12(8-2-4-9(5-3-8)14(17,18)19)23-25-7-10(15(20,21)22)6-11(16)13(24)25/h2-7H,1H3/q+1. The third-order valence-corrected chi connectivity index (χ3v) is 3.89. The lowest BCUT2D eigenvalue weighted by atomic mass is 10.1. The first kappa shape index (κ1) is 17.5. The molecule has 1 aromatic carbocycles. The predicted molar refractivity (Wildman–Crippen MR) is 76.8 cm³/mol. The first-order valence-corrected chi connectivity index (χ1v) is 7.19. The predicted octanol–water partition coefficient (Wildman–Crippen LogP) is 4.52. The average molecular weight is 381 g/mol. The lowest BCUT2D eigenvalue weighted by molar-refractivity contribution is -0.634. The number of halogens is 7. The summed E-state index contributed by atoms with van der Waals surface area (Å²) in [4.78, 5) is 0. The molecular weight excluding hydrogens is 372 g/mol. The van der Waals surface area contributed by atoms with Crippen molar-refractivity contribution in [1.82, 2.24) is 9.61 Å². The van der Waals surface area contributed by atoms with Crippen molar-refractivity contribution < 1.29 is 30.9 Å². The normalized spacial score (nSPS) is 12.8. The van der Waals surface area contributed by atoms with E-state index in [0.29, 0.717) is 5.56 Å². The van der Waals surface area contributed by atoms with Crippen molar-refractivity contribution >= 4 is 17.2 Å². The SMILES string of the molecule is C[n+]1c(-c2ccc(C(F)(F)F)cc2)nn2cc(C(F)(F)F)cc(Cl)c21. The van der Waals surface area contributed by atoms with E-state index < -0.39 is 23.5 Å². The quantitative estimate of drug-likeness (QED) is 0.449. The fourth-order valence-electron chi connectivity index (χ4n) is 2.41. The zero-order valence-corrected chi connectivity index (χ0v) is 13.2. The molecule has 0 saturated heterocycles. The molecular formula is C15H9ClF6N3+. The Bertz CT molecular complexity index is 941. The van der Waals surface area contributed by atoms with Crippen molar-refractivity contribution in [2.24, 2.45) is 7.05 Å². The third-order valence-electron chi connectivity index (χ3n) is 3.61. The highest BCUT2D eigenvalue weighted by Gasteiger charge is 2.35. The van der Waals surface area contributed by atoms with Crippen LogP contribution in [0.4, 0.5) is 26.3 Å². The molecule has 0 radical (unpaired) electrons. The fraction of sp³-hybridized carbons (Fsp3) is 0.200. The molecule has 0 aliphatic carbocycles. The molecule has 2 aromatic heterocycles. The number of hydrogen-bond donors (Lipinski definition) is 0. The number of aryl methyl sites for hydroxylation is 1. The highest BCUT2D eigenvalue weighted by atomic mass is 35.5. The van der Waals surface area contributed by atoms with Crippen LogP contribution in [0.3, 0.4) is 0 Å². The van der Waals surface area contributed by atoms with E-state index in [2.05, 4.69) is 5.10 Å². The Morgan fingerprint density at radius 3 is 2.04 bits per heavy atom. The molecule has 132 valence electrons. The minimum atomic E-state index is -4.60. The van der Waals surface area contributed by atoms with Gasteiger partial charge < -0.3 is 0 Å². The van der Waals surface area contributed by atoms with Crippen molar-refractivity contribution in [3.63, 3.8) is 0 Å². The first-order chi connectivity index (χ1) is 11.5. The van der Waals surface area contributed by atoms with E-state index in [9.17, 15) is 26.3 Å². The summed E-state index contributed by atoms with van der Waals surface area (Å²) >= 11 is 5.93. The van der Waals surface area contributed by atoms with Crippen molar-refractivity contribution in [2.45, 2.75) is 12.4 Å². The summed E-state index contributed by atoms with van der Waals surface area (Å²) in [5.74, 6) is 0.176. The summed E-state index contributed by atoms with van der Waals surface area (Å²) < 4.78 is 78.9. The molecule has 3 aromatic rings. The van der Waals surface area contributed by atoms with Crippen LogP contribution in [-0.4, -0.2) is 9.61 Å². The van der Waals surface area contributed by atoms with Crippen molar-refractivity contribution in [2.75, 3.05) is 0 Å². The van der Waals surface area contributed by atoms with Crippen LogP contribution < -0.4 is 4.57 Å². The molecule has 0 amide bonds. The maximum absolute atomic E-state index is 12.9. The lowest BCUT2D eigenvalue weighted by Crippen LogP contribution is -2.30. The summed E-state index contributed by atoms with van der Waals surface area (Å²) in [6.07, 6.45) is -8.31.